The molecule has 41 heavy (non-hydrogen) atoms. The summed E-state index contributed by atoms with van der Waals surface area (Å²) < 4.78 is 71.7. The van der Waals surface area contributed by atoms with Crippen molar-refractivity contribution in [3.63, 3.8) is 0 Å². The second-order valence-electron chi connectivity index (χ2n) is 9.61. The van der Waals surface area contributed by atoms with Crippen molar-refractivity contribution >= 4 is 17.6 Å². The van der Waals surface area contributed by atoms with E-state index in [4.69, 9.17) is 10.5 Å². The number of nitrogens with one attached hydrogen (secondary N) is 2. The van der Waals surface area contributed by atoms with Gasteiger partial charge in [-0.05, 0) is 59.9 Å². The highest BCUT2D eigenvalue weighted by atomic mass is 19.4. The first kappa shape index (κ1) is 31.7. The number of hydrogen-bond donors (Lipinski definition) is 3. The summed E-state index contributed by atoms with van der Waals surface area (Å²) in [4.78, 5) is 24.9. The van der Waals surface area contributed by atoms with E-state index in [1.807, 2.05) is 31.2 Å². The molecular weight excluding hydrogens is 545 g/mol. The molecule has 3 rings (SSSR count). The molecule has 220 valence electrons. The Morgan fingerprint density at radius 1 is 0.902 bits per heavy atom. The number of ether oxygens (including phenoxy) is 1. The highest BCUT2D eigenvalue weighted by Crippen LogP contribution is 2.30. The molecule has 3 aromatic rings. The number of benzene rings is 3. The van der Waals surface area contributed by atoms with Gasteiger partial charge in [0.1, 0.15) is 17.7 Å². The molecule has 4 N–H and O–H groups in total. The topological polar surface area (TPSA) is 93.4 Å². The number of hydrogen-bond acceptors (Lipinski definition) is 5. The van der Waals surface area contributed by atoms with Crippen LogP contribution in [0.5, 0.6) is 0 Å². The molecule has 0 heterocycles. The fourth-order valence-corrected chi connectivity index (χ4v) is 4.17. The lowest BCUT2D eigenvalue weighted by atomic mass is 10.0. The third-order valence-electron chi connectivity index (χ3n) is 6.26. The van der Waals surface area contributed by atoms with E-state index in [-0.39, 0.29) is 37.1 Å². The minimum Gasteiger partial charge on any atom is -0.459 e. The zero-order valence-electron chi connectivity index (χ0n) is 22.4. The third kappa shape index (κ3) is 10.6. The zero-order valence-corrected chi connectivity index (χ0v) is 22.4. The van der Waals surface area contributed by atoms with Gasteiger partial charge in [-0.15, -0.1) is 0 Å². The second-order valence-corrected chi connectivity index (χ2v) is 9.61. The van der Waals surface area contributed by atoms with Gasteiger partial charge in [0.2, 0.25) is 5.91 Å². The first-order valence-electron chi connectivity index (χ1n) is 13.1. The first-order valence-corrected chi connectivity index (χ1v) is 13.1. The summed E-state index contributed by atoms with van der Waals surface area (Å²) in [6.45, 7) is 2.61. The number of rotatable bonds is 13. The number of aryl methyl sites for hydroxylation is 1. The molecule has 1 amide bonds. The van der Waals surface area contributed by atoms with Crippen LogP contribution in [0, 0.1) is 11.6 Å². The predicted octanol–water partition coefficient (Wildman–Crippen LogP) is 5.54. The van der Waals surface area contributed by atoms with Crippen LogP contribution in [0.3, 0.4) is 0 Å². The van der Waals surface area contributed by atoms with Crippen LogP contribution in [-0.4, -0.2) is 30.6 Å². The smallest absolute Gasteiger partial charge is 0.416 e. The Bertz CT molecular complexity index is 1310. The molecule has 0 bridgehead atoms. The van der Waals surface area contributed by atoms with Gasteiger partial charge in [0.25, 0.3) is 0 Å². The Hall–Kier alpha value is -3.83. The van der Waals surface area contributed by atoms with E-state index in [9.17, 15) is 31.5 Å². The number of carbonyl (C=O) groups is 2. The SMILES string of the molecule is CCc1cccc(CNCC(OC(=O)CCC(=O)Nc2cccc(C(F)(F)F)c2)C(N)Cc2cc(F)cc(F)c2)c1. The van der Waals surface area contributed by atoms with E-state index in [0.717, 1.165) is 53.9 Å². The molecule has 0 radical (unpaired) electrons. The summed E-state index contributed by atoms with van der Waals surface area (Å²) in [6.07, 6.45) is -5.30. The molecule has 0 aromatic heterocycles. The minimum atomic E-state index is -4.57. The van der Waals surface area contributed by atoms with Crippen LogP contribution < -0.4 is 16.4 Å². The normalized spacial score (nSPS) is 13.0. The summed E-state index contributed by atoms with van der Waals surface area (Å²) in [7, 11) is 0. The number of amides is 1. The van der Waals surface area contributed by atoms with Crippen LogP contribution in [0.2, 0.25) is 0 Å². The maximum Gasteiger partial charge on any atom is 0.416 e. The van der Waals surface area contributed by atoms with E-state index in [1.165, 1.54) is 6.07 Å². The number of alkyl halides is 3. The number of anilines is 1. The Labute approximate surface area is 235 Å². The molecule has 2 unspecified atom stereocenters. The van der Waals surface area contributed by atoms with Crippen molar-refractivity contribution in [2.75, 3.05) is 11.9 Å². The average Bonchev–Trinajstić information content (AvgIpc) is 2.90. The molecular formula is C30H32F5N3O3. The molecule has 0 spiro atoms. The van der Waals surface area contributed by atoms with Crippen molar-refractivity contribution < 1.29 is 36.3 Å². The lowest BCUT2D eigenvalue weighted by Gasteiger charge is -2.25. The van der Waals surface area contributed by atoms with Gasteiger partial charge in [-0.2, -0.15) is 13.2 Å². The van der Waals surface area contributed by atoms with Gasteiger partial charge < -0.3 is 21.1 Å². The van der Waals surface area contributed by atoms with E-state index >= 15 is 0 Å². The molecule has 3 aromatic carbocycles. The Morgan fingerprint density at radius 2 is 1.59 bits per heavy atom. The lowest BCUT2D eigenvalue weighted by Crippen LogP contribution is -2.46. The zero-order chi connectivity index (χ0) is 30.0. The summed E-state index contributed by atoms with van der Waals surface area (Å²) in [5, 5.41) is 5.52. The Kier molecular flexibility index (Phi) is 11.4. The fraction of sp³-hybridized carbons (Fsp3) is 0.333. The molecule has 0 fully saturated rings. The number of halogens is 5. The van der Waals surface area contributed by atoms with Gasteiger partial charge in [0, 0.05) is 37.3 Å². The molecule has 0 saturated heterocycles. The standard InChI is InChI=1S/C30H32F5N3O3/c1-2-19-5-3-6-20(11-19)17-37-18-27(26(36)14-21-12-23(31)16-24(32)13-21)41-29(40)10-9-28(39)38-25-8-4-7-22(15-25)30(33,34)35/h3-8,11-13,15-16,26-27,37H,2,9-10,14,17-18,36H2,1H3,(H,38,39). The van der Waals surface area contributed by atoms with Gasteiger partial charge >= 0.3 is 12.1 Å². The summed E-state index contributed by atoms with van der Waals surface area (Å²) in [6, 6.07) is 14.2. The molecule has 0 aliphatic heterocycles. The fourth-order valence-electron chi connectivity index (χ4n) is 4.17. The summed E-state index contributed by atoms with van der Waals surface area (Å²) in [5.74, 6) is -2.96. The second kappa shape index (κ2) is 14.7. The van der Waals surface area contributed by atoms with Crippen molar-refractivity contribution in [3.8, 4) is 0 Å². The van der Waals surface area contributed by atoms with Gasteiger partial charge in [0.05, 0.1) is 12.0 Å². The van der Waals surface area contributed by atoms with E-state index in [1.54, 1.807) is 0 Å². The van der Waals surface area contributed by atoms with E-state index in [2.05, 4.69) is 10.6 Å². The molecule has 0 aliphatic carbocycles. The van der Waals surface area contributed by atoms with E-state index < -0.39 is 47.4 Å². The Morgan fingerprint density at radius 3 is 2.27 bits per heavy atom. The van der Waals surface area contributed by atoms with Crippen LogP contribution in [0.4, 0.5) is 27.6 Å². The Balaban J connectivity index is 1.60. The number of nitrogens with two attached hydrogens (primary N) is 1. The average molecular weight is 578 g/mol. The summed E-state index contributed by atoms with van der Waals surface area (Å²) >= 11 is 0. The quantitative estimate of drug-likeness (QED) is 0.183. The van der Waals surface area contributed by atoms with Gasteiger partial charge in [-0.25, -0.2) is 8.78 Å². The maximum atomic E-state index is 13.7. The van der Waals surface area contributed by atoms with Gasteiger partial charge in [0.15, 0.2) is 0 Å². The third-order valence-corrected chi connectivity index (χ3v) is 6.26. The van der Waals surface area contributed by atoms with Gasteiger partial charge in [-0.1, -0.05) is 37.3 Å². The van der Waals surface area contributed by atoms with Crippen LogP contribution in [0.1, 0.15) is 42.0 Å². The minimum absolute atomic E-state index is 0.00958. The van der Waals surface area contributed by atoms with E-state index in [0.29, 0.717) is 6.54 Å². The molecule has 6 nitrogen and oxygen atoms in total. The highest BCUT2D eigenvalue weighted by molar-refractivity contribution is 5.92. The lowest BCUT2D eigenvalue weighted by molar-refractivity contribution is -0.150. The number of esters is 1. The summed E-state index contributed by atoms with van der Waals surface area (Å²) in [5.41, 5.74) is 7.76. The van der Waals surface area contributed by atoms with Crippen molar-refractivity contribution in [1.82, 2.24) is 5.32 Å². The largest absolute Gasteiger partial charge is 0.459 e. The van der Waals surface area contributed by atoms with Gasteiger partial charge in [-0.3, -0.25) is 9.59 Å². The van der Waals surface area contributed by atoms with Crippen molar-refractivity contribution in [1.29, 1.82) is 0 Å². The highest BCUT2D eigenvalue weighted by Gasteiger charge is 2.30. The van der Waals surface area contributed by atoms with Crippen LogP contribution >= 0.6 is 0 Å². The predicted molar refractivity (Wildman–Crippen MR) is 145 cm³/mol. The maximum absolute atomic E-state index is 13.7. The van der Waals surface area contributed by atoms with Crippen LogP contribution in [0.15, 0.2) is 66.7 Å². The molecule has 11 heteroatoms. The molecule has 0 aliphatic rings. The van der Waals surface area contributed by atoms with Crippen LogP contribution in [0.25, 0.3) is 0 Å². The number of carbonyl (C=O) groups excluding carboxylic acids is 2. The monoisotopic (exact) mass is 577 g/mol. The first-order chi connectivity index (χ1) is 19.4. The van der Waals surface area contributed by atoms with Crippen molar-refractivity contribution in [3.05, 3.63) is 101 Å². The van der Waals surface area contributed by atoms with Crippen molar-refractivity contribution in [2.24, 2.45) is 5.73 Å². The molecule has 0 saturated carbocycles. The molecule has 2 atom stereocenters. The van der Waals surface area contributed by atoms with Crippen molar-refractivity contribution in [2.45, 2.75) is 57.5 Å². The van der Waals surface area contributed by atoms with Crippen LogP contribution in [-0.2, 0) is 39.9 Å².